The molecule has 0 unspecified atom stereocenters. The Kier molecular flexibility index (Phi) is 2.60. The molecule has 1 aromatic carbocycles. The van der Waals surface area contributed by atoms with Crippen LogP contribution in [0.2, 0.25) is 0 Å². The van der Waals surface area contributed by atoms with Crippen LogP contribution in [-0.2, 0) is 0 Å². The average molecular weight is 258 g/mol. The van der Waals surface area contributed by atoms with Crippen molar-refractivity contribution in [3.63, 3.8) is 0 Å². The first-order chi connectivity index (χ1) is 8.72. The van der Waals surface area contributed by atoms with Crippen LogP contribution < -0.4 is 5.32 Å². The maximum atomic E-state index is 12.0. The van der Waals surface area contributed by atoms with E-state index in [1.54, 1.807) is 6.07 Å². The third-order valence-electron chi connectivity index (χ3n) is 2.51. The first kappa shape index (κ1) is 11.0. The van der Waals surface area contributed by atoms with Gasteiger partial charge in [0.25, 0.3) is 5.91 Å². The number of aromatic nitrogens is 1. The van der Waals surface area contributed by atoms with Gasteiger partial charge in [-0.1, -0.05) is 18.2 Å². The lowest BCUT2D eigenvalue weighted by molar-refractivity contribution is 0.0999. The van der Waals surface area contributed by atoms with Gasteiger partial charge in [0, 0.05) is 5.39 Å². The number of para-hydroxylation sites is 1. The molecule has 1 amide bonds. The summed E-state index contributed by atoms with van der Waals surface area (Å²) in [5.74, 6) is 0.0529. The van der Waals surface area contributed by atoms with Crippen molar-refractivity contribution in [3.05, 3.63) is 47.9 Å². The number of carbonyl (C=O) groups excluding carboxylic acids is 1. The summed E-state index contributed by atoms with van der Waals surface area (Å²) in [6, 6.07) is 11.1. The van der Waals surface area contributed by atoms with E-state index in [0.29, 0.717) is 11.3 Å². The molecular weight excluding hydrogens is 248 g/mol. The zero-order valence-corrected chi connectivity index (χ0v) is 10.5. The minimum Gasteiger partial charge on any atom is -0.451 e. The van der Waals surface area contributed by atoms with Crippen LogP contribution in [0.1, 0.15) is 16.2 Å². The molecule has 3 rings (SSSR count). The third-order valence-corrected chi connectivity index (χ3v) is 3.31. The molecule has 90 valence electrons. The number of fused-ring (bicyclic) bond motifs is 1. The lowest BCUT2D eigenvalue weighted by atomic mass is 10.2. The van der Waals surface area contributed by atoms with Crippen LogP contribution in [0.25, 0.3) is 11.0 Å². The highest BCUT2D eigenvalue weighted by atomic mass is 32.1. The average Bonchev–Trinajstić information content (AvgIpc) is 2.95. The number of hydrogen-bond acceptors (Lipinski definition) is 4. The molecule has 4 nitrogen and oxygen atoms in total. The second-order valence-corrected chi connectivity index (χ2v) is 4.74. The summed E-state index contributed by atoms with van der Waals surface area (Å²) >= 11 is 1.26. The van der Waals surface area contributed by atoms with Crippen molar-refractivity contribution in [2.45, 2.75) is 6.92 Å². The minimum absolute atomic E-state index is 0.255. The van der Waals surface area contributed by atoms with Crippen LogP contribution in [0.15, 0.2) is 40.8 Å². The van der Waals surface area contributed by atoms with Gasteiger partial charge in [-0.05, 0) is 36.7 Å². The Morgan fingerprint density at radius 3 is 2.89 bits per heavy atom. The van der Waals surface area contributed by atoms with E-state index < -0.39 is 0 Å². The molecule has 0 aliphatic rings. The lowest BCUT2D eigenvalue weighted by Gasteiger charge is -1.96. The van der Waals surface area contributed by atoms with Crippen molar-refractivity contribution in [3.8, 4) is 0 Å². The molecule has 0 aliphatic carbocycles. The van der Waals surface area contributed by atoms with Gasteiger partial charge in [-0.25, -0.2) is 0 Å². The highest BCUT2D eigenvalue weighted by Gasteiger charge is 2.13. The summed E-state index contributed by atoms with van der Waals surface area (Å²) in [5, 5.41) is 4.40. The van der Waals surface area contributed by atoms with Crippen molar-refractivity contribution >= 4 is 33.4 Å². The van der Waals surface area contributed by atoms with Gasteiger partial charge >= 0.3 is 0 Å². The number of hydrogen-bond donors (Lipinski definition) is 1. The molecule has 0 saturated carbocycles. The highest BCUT2D eigenvalue weighted by molar-refractivity contribution is 7.10. The summed E-state index contributed by atoms with van der Waals surface area (Å²) in [7, 11) is 0. The normalized spacial score (nSPS) is 10.7. The molecule has 0 fully saturated rings. The van der Waals surface area contributed by atoms with Gasteiger partial charge in [0.2, 0.25) is 0 Å². The number of carbonyl (C=O) groups is 1. The Morgan fingerprint density at radius 1 is 1.33 bits per heavy atom. The Labute approximate surface area is 107 Å². The van der Waals surface area contributed by atoms with E-state index in [4.69, 9.17) is 4.42 Å². The Hall–Kier alpha value is -2.14. The minimum atomic E-state index is -0.255. The second kappa shape index (κ2) is 4.27. The van der Waals surface area contributed by atoms with Crippen molar-refractivity contribution < 1.29 is 9.21 Å². The number of aryl methyl sites for hydroxylation is 1. The third kappa shape index (κ3) is 2.00. The smallest absolute Gasteiger partial charge is 0.292 e. The zero-order valence-electron chi connectivity index (χ0n) is 9.64. The number of nitrogens with one attached hydrogen (secondary N) is 1. The standard InChI is InChI=1S/C13H10N2O2S/c1-8-6-12(18-15-8)14-13(16)11-7-9-4-2-3-5-10(9)17-11/h2-7H,1H3,(H,14,16). The predicted octanol–water partition coefficient (Wildman–Crippen LogP) is 3.45. The first-order valence-corrected chi connectivity index (χ1v) is 6.23. The van der Waals surface area contributed by atoms with Crippen LogP contribution in [0.3, 0.4) is 0 Å². The van der Waals surface area contributed by atoms with Gasteiger partial charge in [0.05, 0.1) is 5.69 Å². The SMILES string of the molecule is Cc1cc(NC(=O)c2cc3ccccc3o2)sn1. The zero-order chi connectivity index (χ0) is 12.5. The number of furan rings is 1. The van der Waals surface area contributed by atoms with Crippen LogP contribution in [0.4, 0.5) is 5.00 Å². The Morgan fingerprint density at radius 2 is 2.17 bits per heavy atom. The van der Waals surface area contributed by atoms with Gasteiger partial charge in [0.1, 0.15) is 10.6 Å². The second-order valence-electron chi connectivity index (χ2n) is 3.94. The number of anilines is 1. The van der Waals surface area contributed by atoms with Crippen molar-refractivity contribution in [1.82, 2.24) is 4.37 Å². The van der Waals surface area contributed by atoms with Gasteiger partial charge in [-0.15, -0.1) is 0 Å². The molecule has 2 heterocycles. The van der Waals surface area contributed by atoms with Gasteiger partial charge in [0.15, 0.2) is 5.76 Å². The summed E-state index contributed by atoms with van der Waals surface area (Å²) in [6.45, 7) is 1.88. The molecule has 2 aromatic heterocycles. The van der Waals surface area contributed by atoms with E-state index in [9.17, 15) is 4.79 Å². The van der Waals surface area contributed by atoms with Crippen molar-refractivity contribution in [2.24, 2.45) is 0 Å². The Bertz CT molecular complexity index is 681. The summed E-state index contributed by atoms with van der Waals surface area (Å²) in [5.41, 5.74) is 1.60. The van der Waals surface area contributed by atoms with Crippen molar-refractivity contribution in [2.75, 3.05) is 5.32 Å². The van der Waals surface area contributed by atoms with Crippen LogP contribution in [-0.4, -0.2) is 10.3 Å². The number of nitrogens with zero attached hydrogens (tertiary/aromatic N) is 1. The molecule has 0 saturated heterocycles. The largest absolute Gasteiger partial charge is 0.451 e. The predicted molar refractivity (Wildman–Crippen MR) is 71.0 cm³/mol. The van der Waals surface area contributed by atoms with Gasteiger partial charge in [-0.3, -0.25) is 4.79 Å². The molecule has 5 heteroatoms. The molecule has 0 bridgehead atoms. The van der Waals surface area contributed by atoms with Gasteiger partial charge < -0.3 is 9.73 Å². The van der Waals surface area contributed by atoms with E-state index in [-0.39, 0.29) is 5.91 Å². The molecule has 0 aliphatic heterocycles. The quantitative estimate of drug-likeness (QED) is 0.766. The maximum Gasteiger partial charge on any atom is 0.292 e. The van der Waals surface area contributed by atoms with E-state index in [0.717, 1.165) is 16.1 Å². The first-order valence-electron chi connectivity index (χ1n) is 5.45. The molecule has 18 heavy (non-hydrogen) atoms. The number of benzene rings is 1. The van der Waals surface area contributed by atoms with E-state index in [2.05, 4.69) is 9.69 Å². The van der Waals surface area contributed by atoms with E-state index >= 15 is 0 Å². The summed E-state index contributed by atoms with van der Waals surface area (Å²) in [4.78, 5) is 12.0. The summed E-state index contributed by atoms with van der Waals surface area (Å²) < 4.78 is 9.58. The molecule has 3 aromatic rings. The van der Waals surface area contributed by atoms with E-state index in [1.807, 2.05) is 37.3 Å². The highest BCUT2D eigenvalue weighted by Crippen LogP contribution is 2.21. The lowest BCUT2D eigenvalue weighted by Crippen LogP contribution is -2.09. The number of rotatable bonds is 2. The van der Waals surface area contributed by atoms with Gasteiger partial charge in [-0.2, -0.15) is 4.37 Å². The van der Waals surface area contributed by atoms with Crippen LogP contribution in [0.5, 0.6) is 0 Å². The monoisotopic (exact) mass is 258 g/mol. The summed E-state index contributed by atoms with van der Waals surface area (Å²) in [6.07, 6.45) is 0. The fraction of sp³-hybridized carbons (Fsp3) is 0.0769. The van der Waals surface area contributed by atoms with E-state index in [1.165, 1.54) is 11.5 Å². The van der Waals surface area contributed by atoms with Crippen molar-refractivity contribution in [1.29, 1.82) is 0 Å². The van der Waals surface area contributed by atoms with Crippen LogP contribution >= 0.6 is 11.5 Å². The maximum absolute atomic E-state index is 12.0. The molecule has 1 N–H and O–H groups in total. The fourth-order valence-corrected chi connectivity index (χ4v) is 2.35. The molecular formula is C13H10N2O2S. The molecule has 0 spiro atoms. The fourth-order valence-electron chi connectivity index (χ4n) is 1.69. The number of amides is 1. The topological polar surface area (TPSA) is 55.1 Å². The Balaban J connectivity index is 1.87. The molecule has 0 radical (unpaired) electrons. The molecule has 0 atom stereocenters. The van der Waals surface area contributed by atoms with Crippen LogP contribution in [0, 0.1) is 6.92 Å².